The molecule has 0 aromatic carbocycles. The minimum atomic E-state index is 0.307. The quantitative estimate of drug-likeness (QED) is 0.830. The highest BCUT2D eigenvalue weighted by atomic mass is 16.5. The van der Waals surface area contributed by atoms with Crippen LogP contribution in [0.15, 0.2) is 28.9 Å². The second-order valence-electron chi connectivity index (χ2n) is 4.71. The third-order valence-corrected chi connectivity index (χ3v) is 2.64. The Hall–Kier alpha value is -1.91. The summed E-state index contributed by atoms with van der Waals surface area (Å²) < 4.78 is 5.33. The third-order valence-electron chi connectivity index (χ3n) is 2.64. The molecule has 0 N–H and O–H groups in total. The van der Waals surface area contributed by atoms with E-state index in [2.05, 4.69) is 47.7 Å². The maximum Gasteiger partial charge on any atom is 0.324 e. The van der Waals surface area contributed by atoms with Crippen molar-refractivity contribution in [1.29, 1.82) is 0 Å². The highest BCUT2D eigenvalue weighted by Crippen LogP contribution is 2.21. The minimum absolute atomic E-state index is 0.307. The molecule has 0 unspecified atom stereocenters. The third kappa shape index (κ3) is 2.50. The molecule has 5 heteroatoms. The largest absolute Gasteiger partial charge is 0.324 e. The molecule has 96 valence electrons. The van der Waals surface area contributed by atoms with Gasteiger partial charge >= 0.3 is 6.01 Å². The normalized spacial score (nSPS) is 11.2. The van der Waals surface area contributed by atoms with Crippen LogP contribution in [0.5, 0.6) is 0 Å². The van der Waals surface area contributed by atoms with Crippen molar-refractivity contribution < 1.29 is 4.52 Å². The molecule has 18 heavy (non-hydrogen) atoms. The van der Waals surface area contributed by atoms with Crippen molar-refractivity contribution in [2.45, 2.75) is 39.8 Å². The zero-order valence-corrected chi connectivity index (χ0v) is 11.2. The van der Waals surface area contributed by atoms with Crippen molar-refractivity contribution >= 4 is 6.01 Å². The van der Waals surface area contributed by atoms with Crippen LogP contribution < -0.4 is 4.90 Å². The molecule has 2 aromatic heterocycles. The van der Waals surface area contributed by atoms with Gasteiger partial charge in [0.15, 0.2) is 0 Å². The molecule has 0 saturated heterocycles. The monoisotopic (exact) mass is 246 g/mol. The standard InChI is InChI=1S/C13H18N4O/c1-9(2)17(10(3)4)13-15-12(16-18-13)11-7-5-6-8-14-11/h5-10H,1-4H3. The predicted molar refractivity (Wildman–Crippen MR) is 70.3 cm³/mol. The first kappa shape index (κ1) is 12.5. The maximum absolute atomic E-state index is 5.33. The highest BCUT2D eigenvalue weighted by Gasteiger charge is 2.21. The van der Waals surface area contributed by atoms with Gasteiger partial charge < -0.3 is 9.42 Å². The van der Waals surface area contributed by atoms with Crippen molar-refractivity contribution in [2.24, 2.45) is 0 Å². The molecule has 2 aromatic rings. The number of nitrogens with zero attached hydrogens (tertiary/aromatic N) is 4. The molecule has 2 heterocycles. The van der Waals surface area contributed by atoms with Crippen LogP contribution in [-0.2, 0) is 0 Å². The zero-order chi connectivity index (χ0) is 13.1. The van der Waals surface area contributed by atoms with Gasteiger partial charge in [0.2, 0.25) is 5.82 Å². The molecule has 5 nitrogen and oxygen atoms in total. The number of rotatable bonds is 4. The summed E-state index contributed by atoms with van der Waals surface area (Å²) in [6, 6.07) is 6.79. The smallest absolute Gasteiger partial charge is 0.320 e. The molecule has 0 radical (unpaired) electrons. The van der Waals surface area contributed by atoms with Gasteiger partial charge in [0.1, 0.15) is 5.69 Å². The second kappa shape index (κ2) is 5.16. The van der Waals surface area contributed by atoms with Gasteiger partial charge in [-0.25, -0.2) is 0 Å². The van der Waals surface area contributed by atoms with Gasteiger partial charge in [0, 0.05) is 18.3 Å². The van der Waals surface area contributed by atoms with E-state index in [4.69, 9.17) is 4.52 Å². The summed E-state index contributed by atoms with van der Waals surface area (Å²) >= 11 is 0. The number of aromatic nitrogens is 3. The molecule has 0 aliphatic rings. The first-order valence-corrected chi connectivity index (χ1v) is 6.13. The summed E-state index contributed by atoms with van der Waals surface area (Å²) in [5.74, 6) is 0.525. The molecule has 0 bridgehead atoms. The van der Waals surface area contributed by atoms with Gasteiger partial charge in [-0.15, -0.1) is 0 Å². The van der Waals surface area contributed by atoms with Crippen LogP contribution in [0, 0.1) is 0 Å². The van der Waals surface area contributed by atoms with Crippen LogP contribution in [0.1, 0.15) is 27.7 Å². The van der Waals surface area contributed by atoms with Crippen molar-refractivity contribution in [3.05, 3.63) is 24.4 Å². The Balaban J connectivity index is 2.30. The molecule has 0 amide bonds. The van der Waals surface area contributed by atoms with Crippen LogP contribution in [0.2, 0.25) is 0 Å². The summed E-state index contributed by atoms with van der Waals surface area (Å²) in [7, 11) is 0. The molecule has 0 spiro atoms. The fourth-order valence-corrected chi connectivity index (χ4v) is 1.96. The van der Waals surface area contributed by atoms with E-state index in [0.717, 1.165) is 5.69 Å². The number of hydrogen-bond donors (Lipinski definition) is 0. The Morgan fingerprint density at radius 3 is 2.39 bits per heavy atom. The van der Waals surface area contributed by atoms with Crippen molar-refractivity contribution in [3.8, 4) is 11.5 Å². The van der Waals surface area contributed by atoms with Gasteiger partial charge in [0.05, 0.1) is 0 Å². The summed E-state index contributed by atoms with van der Waals surface area (Å²) in [4.78, 5) is 10.7. The first-order valence-electron chi connectivity index (χ1n) is 6.13. The summed E-state index contributed by atoms with van der Waals surface area (Å²) in [5, 5.41) is 3.98. The number of anilines is 1. The molecule has 0 saturated carbocycles. The second-order valence-corrected chi connectivity index (χ2v) is 4.71. The molecule has 0 aliphatic heterocycles. The van der Waals surface area contributed by atoms with E-state index in [0.29, 0.717) is 23.9 Å². The number of pyridine rings is 1. The van der Waals surface area contributed by atoms with E-state index >= 15 is 0 Å². The molecular formula is C13H18N4O. The molecular weight excluding hydrogens is 228 g/mol. The molecule has 0 aliphatic carbocycles. The Morgan fingerprint density at radius 2 is 1.83 bits per heavy atom. The van der Waals surface area contributed by atoms with Crippen LogP contribution in [0.3, 0.4) is 0 Å². The fourth-order valence-electron chi connectivity index (χ4n) is 1.96. The average molecular weight is 246 g/mol. The SMILES string of the molecule is CC(C)N(c1nc(-c2ccccn2)no1)C(C)C. The lowest BCUT2D eigenvalue weighted by atomic mass is 10.2. The van der Waals surface area contributed by atoms with E-state index in [-0.39, 0.29) is 0 Å². The first-order chi connectivity index (χ1) is 8.59. The van der Waals surface area contributed by atoms with Crippen molar-refractivity contribution in [1.82, 2.24) is 15.1 Å². The van der Waals surface area contributed by atoms with E-state index in [1.54, 1.807) is 6.20 Å². The highest BCUT2D eigenvalue weighted by molar-refractivity contribution is 5.49. The molecule has 0 atom stereocenters. The van der Waals surface area contributed by atoms with E-state index < -0.39 is 0 Å². The lowest BCUT2D eigenvalue weighted by molar-refractivity contribution is 0.396. The zero-order valence-electron chi connectivity index (χ0n) is 11.2. The van der Waals surface area contributed by atoms with E-state index in [1.165, 1.54) is 0 Å². The molecule has 0 fully saturated rings. The van der Waals surface area contributed by atoms with Gasteiger partial charge in [-0.2, -0.15) is 4.98 Å². The number of hydrogen-bond acceptors (Lipinski definition) is 5. The topological polar surface area (TPSA) is 55.1 Å². The van der Waals surface area contributed by atoms with Gasteiger partial charge in [0.25, 0.3) is 0 Å². The predicted octanol–water partition coefficient (Wildman–Crippen LogP) is 2.75. The fraction of sp³-hybridized carbons (Fsp3) is 0.462. The van der Waals surface area contributed by atoms with E-state index in [9.17, 15) is 0 Å². The Labute approximate surface area is 107 Å². The molecule has 2 rings (SSSR count). The summed E-state index contributed by atoms with van der Waals surface area (Å²) in [5.41, 5.74) is 0.722. The van der Waals surface area contributed by atoms with E-state index in [1.807, 2.05) is 18.2 Å². The minimum Gasteiger partial charge on any atom is -0.320 e. The van der Waals surface area contributed by atoms with Crippen LogP contribution in [-0.4, -0.2) is 27.2 Å². The van der Waals surface area contributed by atoms with Gasteiger partial charge in [-0.3, -0.25) is 4.98 Å². The Morgan fingerprint density at radius 1 is 1.11 bits per heavy atom. The van der Waals surface area contributed by atoms with Crippen LogP contribution in [0.4, 0.5) is 6.01 Å². The average Bonchev–Trinajstić information content (AvgIpc) is 2.78. The summed E-state index contributed by atoms with van der Waals surface area (Å²) in [6.45, 7) is 8.41. The lowest BCUT2D eigenvalue weighted by Gasteiger charge is -2.28. The van der Waals surface area contributed by atoms with Gasteiger partial charge in [-0.05, 0) is 39.8 Å². The van der Waals surface area contributed by atoms with Crippen LogP contribution >= 0.6 is 0 Å². The Bertz CT molecular complexity index is 485. The Kier molecular flexibility index (Phi) is 3.60. The van der Waals surface area contributed by atoms with Crippen molar-refractivity contribution in [2.75, 3.05) is 4.90 Å². The lowest BCUT2D eigenvalue weighted by Crippen LogP contribution is -2.37. The maximum atomic E-state index is 5.33. The van der Waals surface area contributed by atoms with Crippen LogP contribution in [0.25, 0.3) is 11.5 Å². The summed E-state index contributed by atoms with van der Waals surface area (Å²) in [6.07, 6.45) is 1.72. The van der Waals surface area contributed by atoms with Gasteiger partial charge in [-0.1, -0.05) is 11.2 Å². The van der Waals surface area contributed by atoms with Crippen molar-refractivity contribution in [3.63, 3.8) is 0 Å².